The summed E-state index contributed by atoms with van der Waals surface area (Å²) >= 11 is 0. The Bertz CT molecular complexity index is 401. The van der Waals surface area contributed by atoms with Gasteiger partial charge in [0.25, 0.3) is 0 Å². The van der Waals surface area contributed by atoms with Gasteiger partial charge in [0.1, 0.15) is 0 Å². The van der Waals surface area contributed by atoms with Crippen LogP contribution in [0, 0.1) is 0 Å². The molecule has 2 amide bonds. The number of hydrogen-bond donors (Lipinski definition) is 1. The van der Waals surface area contributed by atoms with E-state index in [9.17, 15) is 9.59 Å². The van der Waals surface area contributed by atoms with E-state index >= 15 is 0 Å². The van der Waals surface area contributed by atoms with Gasteiger partial charge in [0.2, 0.25) is 11.8 Å². The van der Waals surface area contributed by atoms with Gasteiger partial charge in [-0.2, -0.15) is 0 Å². The van der Waals surface area contributed by atoms with Gasteiger partial charge in [-0.15, -0.1) is 0 Å². The quantitative estimate of drug-likeness (QED) is 0.758. The third-order valence-electron chi connectivity index (χ3n) is 4.68. The van der Waals surface area contributed by atoms with E-state index < -0.39 is 0 Å². The maximum absolute atomic E-state index is 12.5. The van der Waals surface area contributed by atoms with E-state index in [0.717, 1.165) is 39.0 Å². The van der Waals surface area contributed by atoms with Crippen molar-refractivity contribution in [1.82, 2.24) is 20.0 Å². The molecular weight excluding hydrogens is 280 g/mol. The molecule has 0 aromatic carbocycles. The Morgan fingerprint density at radius 1 is 1.09 bits per heavy atom. The summed E-state index contributed by atoms with van der Waals surface area (Å²) in [5.41, 5.74) is 0. The molecule has 1 saturated carbocycles. The Labute approximate surface area is 133 Å². The smallest absolute Gasteiger partial charge is 0.239 e. The lowest BCUT2D eigenvalue weighted by Gasteiger charge is -2.40. The van der Waals surface area contributed by atoms with Crippen molar-refractivity contribution in [2.75, 3.05) is 39.8 Å². The molecule has 0 radical (unpaired) electrons. The number of piperazine rings is 1. The van der Waals surface area contributed by atoms with Crippen LogP contribution >= 0.6 is 0 Å². The molecule has 126 valence electrons. The fourth-order valence-corrected chi connectivity index (χ4v) is 2.91. The maximum Gasteiger partial charge on any atom is 0.239 e. The van der Waals surface area contributed by atoms with Crippen LogP contribution in [0.5, 0.6) is 0 Å². The monoisotopic (exact) mass is 310 g/mol. The van der Waals surface area contributed by atoms with Gasteiger partial charge in [0.05, 0.1) is 12.6 Å². The molecule has 2 aliphatic rings. The van der Waals surface area contributed by atoms with Crippen molar-refractivity contribution in [2.45, 2.75) is 51.7 Å². The summed E-state index contributed by atoms with van der Waals surface area (Å²) in [6, 6.07) is 0.743. The molecule has 1 aliphatic heterocycles. The molecule has 1 heterocycles. The molecule has 2 fully saturated rings. The first-order chi connectivity index (χ1) is 10.4. The summed E-state index contributed by atoms with van der Waals surface area (Å²) in [6.07, 6.45) is 2.14. The minimum atomic E-state index is -0.159. The molecule has 6 nitrogen and oxygen atoms in total. The zero-order chi connectivity index (χ0) is 16.3. The molecule has 0 aromatic heterocycles. The molecule has 1 saturated heterocycles. The first-order valence-electron chi connectivity index (χ1n) is 8.41. The van der Waals surface area contributed by atoms with Crippen molar-refractivity contribution in [3.8, 4) is 0 Å². The summed E-state index contributed by atoms with van der Waals surface area (Å²) < 4.78 is 0. The molecule has 6 heteroatoms. The largest absolute Gasteiger partial charge is 0.352 e. The Hall–Kier alpha value is -1.14. The highest BCUT2D eigenvalue weighted by atomic mass is 16.2. The molecule has 2 rings (SSSR count). The average molecular weight is 310 g/mol. The Morgan fingerprint density at radius 3 is 2.14 bits per heavy atom. The summed E-state index contributed by atoms with van der Waals surface area (Å²) in [5.74, 6) is -0.0147. The van der Waals surface area contributed by atoms with Crippen LogP contribution in [0.2, 0.25) is 0 Å². The first-order valence-corrected chi connectivity index (χ1v) is 8.41. The topological polar surface area (TPSA) is 55.9 Å². The summed E-state index contributed by atoms with van der Waals surface area (Å²) in [7, 11) is 1.72. The number of amides is 2. The minimum Gasteiger partial charge on any atom is -0.352 e. The van der Waals surface area contributed by atoms with Crippen LogP contribution < -0.4 is 5.32 Å². The minimum absolute atomic E-state index is 0.0314. The fourth-order valence-electron chi connectivity index (χ4n) is 2.91. The van der Waals surface area contributed by atoms with Crippen molar-refractivity contribution in [3.05, 3.63) is 0 Å². The Morgan fingerprint density at radius 2 is 1.64 bits per heavy atom. The molecule has 1 unspecified atom stereocenters. The van der Waals surface area contributed by atoms with Crippen LogP contribution in [0.1, 0.15) is 33.6 Å². The number of likely N-dealkylation sites (N-methyl/N-ethyl adjacent to an activating group) is 1. The average Bonchev–Trinajstić information content (AvgIpc) is 3.29. The number of carbonyl (C=O) groups excluding carboxylic acids is 2. The second kappa shape index (κ2) is 7.42. The number of rotatable bonds is 6. The second-order valence-electron chi connectivity index (χ2n) is 6.88. The van der Waals surface area contributed by atoms with Gasteiger partial charge in [0.15, 0.2) is 0 Å². The molecule has 1 atom stereocenters. The van der Waals surface area contributed by atoms with E-state index in [1.165, 1.54) is 0 Å². The van der Waals surface area contributed by atoms with Crippen molar-refractivity contribution >= 4 is 11.8 Å². The van der Waals surface area contributed by atoms with E-state index in [2.05, 4.69) is 29.0 Å². The SMILES string of the molecule is CC(C)N1CCN(C(C)C(=O)N(C)CC(=O)NC2CC2)CC1. The van der Waals surface area contributed by atoms with Crippen molar-refractivity contribution in [2.24, 2.45) is 0 Å². The summed E-state index contributed by atoms with van der Waals surface area (Å²) in [4.78, 5) is 30.5. The zero-order valence-electron chi connectivity index (χ0n) is 14.3. The lowest BCUT2D eigenvalue weighted by Crippen LogP contribution is -2.55. The standard InChI is InChI=1S/C16H30N4O2/c1-12(2)19-7-9-20(10-8-19)13(3)16(22)18(4)11-15(21)17-14-5-6-14/h12-14H,5-11H2,1-4H3,(H,17,21). The zero-order valence-corrected chi connectivity index (χ0v) is 14.3. The van der Waals surface area contributed by atoms with E-state index in [-0.39, 0.29) is 24.4 Å². The van der Waals surface area contributed by atoms with Crippen LogP contribution in [0.4, 0.5) is 0 Å². The van der Waals surface area contributed by atoms with Gasteiger partial charge < -0.3 is 10.2 Å². The fraction of sp³-hybridized carbons (Fsp3) is 0.875. The third-order valence-corrected chi connectivity index (χ3v) is 4.68. The molecule has 0 aromatic rings. The summed E-state index contributed by atoms with van der Waals surface area (Å²) in [6.45, 7) is 10.3. The highest BCUT2D eigenvalue weighted by Gasteiger charge is 2.29. The molecule has 1 aliphatic carbocycles. The third kappa shape index (κ3) is 4.68. The molecule has 0 bridgehead atoms. The predicted octanol–water partition coefficient (Wildman–Crippen LogP) is 0.138. The number of nitrogens with zero attached hydrogens (tertiary/aromatic N) is 3. The summed E-state index contributed by atoms with van der Waals surface area (Å²) in [5, 5.41) is 2.92. The lowest BCUT2D eigenvalue weighted by atomic mass is 10.2. The van der Waals surface area contributed by atoms with E-state index in [0.29, 0.717) is 12.1 Å². The Kier molecular flexibility index (Phi) is 5.81. The molecule has 0 spiro atoms. The lowest BCUT2D eigenvalue weighted by molar-refractivity contribution is -0.139. The van der Waals surface area contributed by atoms with Crippen LogP contribution in [0.15, 0.2) is 0 Å². The molecular formula is C16H30N4O2. The maximum atomic E-state index is 12.5. The van der Waals surface area contributed by atoms with Crippen molar-refractivity contribution < 1.29 is 9.59 Å². The van der Waals surface area contributed by atoms with Crippen molar-refractivity contribution in [1.29, 1.82) is 0 Å². The van der Waals surface area contributed by atoms with E-state index in [4.69, 9.17) is 0 Å². The normalized spacial score (nSPS) is 21.7. The highest BCUT2D eigenvalue weighted by molar-refractivity contribution is 5.87. The van der Waals surface area contributed by atoms with E-state index in [1.807, 2.05) is 6.92 Å². The number of nitrogens with one attached hydrogen (secondary N) is 1. The van der Waals surface area contributed by atoms with Gasteiger partial charge in [-0.25, -0.2) is 0 Å². The van der Waals surface area contributed by atoms with Gasteiger partial charge in [-0.3, -0.25) is 19.4 Å². The van der Waals surface area contributed by atoms with Crippen LogP contribution in [0.25, 0.3) is 0 Å². The van der Waals surface area contributed by atoms with Crippen molar-refractivity contribution in [3.63, 3.8) is 0 Å². The van der Waals surface area contributed by atoms with Crippen LogP contribution in [-0.2, 0) is 9.59 Å². The highest BCUT2D eigenvalue weighted by Crippen LogP contribution is 2.18. The predicted molar refractivity (Wildman–Crippen MR) is 86.5 cm³/mol. The van der Waals surface area contributed by atoms with E-state index in [1.54, 1.807) is 11.9 Å². The van der Waals surface area contributed by atoms with Gasteiger partial charge >= 0.3 is 0 Å². The van der Waals surface area contributed by atoms with Crippen LogP contribution in [0.3, 0.4) is 0 Å². The Balaban J connectivity index is 1.77. The number of carbonyl (C=O) groups is 2. The van der Waals surface area contributed by atoms with Gasteiger partial charge in [-0.1, -0.05) is 0 Å². The second-order valence-corrected chi connectivity index (χ2v) is 6.88. The molecule has 22 heavy (non-hydrogen) atoms. The van der Waals surface area contributed by atoms with Gasteiger partial charge in [0, 0.05) is 45.3 Å². The molecule has 1 N–H and O–H groups in total. The van der Waals surface area contributed by atoms with Crippen LogP contribution in [-0.4, -0.2) is 84.4 Å². The number of hydrogen-bond acceptors (Lipinski definition) is 4. The first kappa shape index (κ1) is 17.2. The van der Waals surface area contributed by atoms with Gasteiger partial charge in [-0.05, 0) is 33.6 Å².